The molecule has 15 atom stereocenters. The molecule has 5 rings (SSSR count). The maximum Gasteiger partial charge on any atom is 0.309 e. The predicted octanol–water partition coefficient (Wildman–Crippen LogP) is -4.43. The summed E-state index contributed by atoms with van der Waals surface area (Å²) >= 11 is 0. The van der Waals surface area contributed by atoms with Crippen LogP contribution in [0.4, 0.5) is 0 Å². The molecule has 0 aromatic carbocycles. The third-order valence-corrected chi connectivity index (χ3v) is 10.4. The smallest absolute Gasteiger partial charge is 0.309 e. The largest absolute Gasteiger partial charge is 0.463 e. The maximum atomic E-state index is 13.3. The molecule has 3 saturated carbocycles. The molecule has 5 aliphatic rings. The molecule has 17 nitrogen and oxygen atoms in total. The highest BCUT2D eigenvalue weighted by Gasteiger charge is 2.54. The Labute approximate surface area is 270 Å². The van der Waals surface area contributed by atoms with Crippen molar-refractivity contribution in [1.82, 2.24) is 0 Å². The minimum absolute atomic E-state index is 0.00376. The van der Waals surface area contributed by atoms with Gasteiger partial charge >= 0.3 is 11.9 Å². The fraction of sp³-hybridized carbons (Fsp3) is 0.933. The van der Waals surface area contributed by atoms with E-state index >= 15 is 0 Å². The summed E-state index contributed by atoms with van der Waals surface area (Å²) in [5.74, 6) is -3.91. The molecule has 2 aliphatic heterocycles. The van der Waals surface area contributed by atoms with Crippen LogP contribution in [0.3, 0.4) is 0 Å². The Bertz CT molecular complexity index is 1060. The molecule has 0 bridgehead atoms. The van der Waals surface area contributed by atoms with Crippen LogP contribution >= 0.6 is 0 Å². The lowest BCUT2D eigenvalue weighted by Crippen LogP contribution is -2.63. The Morgan fingerprint density at radius 1 is 0.681 bits per heavy atom. The van der Waals surface area contributed by atoms with Gasteiger partial charge in [0.2, 0.25) is 0 Å². The van der Waals surface area contributed by atoms with Gasteiger partial charge in [0.05, 0.1) is 60.9 Å². The van der Waals surface area contributed by atoms with Gasteiger partial charge in [-0.3, -0.25) is 9.59 Å². The van der Waals surface area contributed by atoms with E-state index in [-0.39, 0.29) is 44.9 Å². The number of aliphatic hydroxyl groups excluding tert-OH is 10. The summed E-state index contributed by atoms with van der Waals surface area (Å²) < 4.78 is 29.3. The molecule has 10 N–H and O–H groups in total. The van der Waals surface area contributed by atoms with Crippen LogP contribution in [0.2, 0.25) is 0 Å². The molecule has 17 heteroatoms. The highest BCUT2D eigenvalue weighted by atomic mass is 16.7. The number of hydrogen-bond donors (Lipinski definition) is 10. The van der Waals surface area contributed by atoms with Gasteiger partial charge in [0.1, 0.15) is 37.1 Å². The first kappa shape index (κ1) is 36.7. The van der Waals surface area contributed by atoms with Gasteiger partial charge in [-0.25, -0.2) is 0 Å². The number of hydrogen-bond acceptors (Lipinski definition) is 17. The van der Waals surface area contributed by atoms with Gasteiger partial charge < -0.3 is 74.7 Å². The number of aliphatic hydroxyl groups is 10. The van der Waals surface area contributed by atoms with Crippen LogP contribution in [0.5, 0.6) is 0 Å². The second kappa shape index (κ2) is 15.1. The topological polar surface area (TPSA) is 283 Å². The first-order valence-corrected chi connectivity index (χ1v) is 16.2. The molecule has 0 aromatic rings. The van der Waals surface area contributed by atoms with Crippen molar-refractivity contribution in [2.75, 3.05) is 6.61 Å². The molecule has 2 saturated heterocycles. The van der Waals surface area contributed by atoms with Crippen molar-refractivity contribution in [2.45, 2.75) is 150 Å². The van der Waals surface area contributed by atoms with E-state index in [2.05, 4.69) is 0 Å². The average molecular weight is 681 g/mol. The van der Waals surface area contributed by atoms with Crippen LogP contribution in [-0.2, 0) is 33.3 Å². The second-order valence-electron chi connectivity index (χ2n) is 13.8. The standard InChI is InChI=1S/C30H48O17/c1-10(31)43-9-22-25(40)26(41)28(47-29(42)12-4-18(36)24(39)19(37)5-12)30(46-22)45-21-8-14-15(33)6-13(32)7-20(14)44-27(21)11-2-16(34)23(38)17(35)3-11/h11-28,30,32-41H,2-9H2,1H3/t11?,12?,13?,14?,15?,16?,17?,18?,19?,20?,21?,22-,23?,24?,25+,26+,27?,28-,30-/m1/s1. The summed E-state index contributed by atoms with van der Waals surface area (Å²) in [6, 6.07) is 0. The number of carbonyl (C=O) groups excluding carboxylic acids is 2. The summed E-state index contributed by atoms with van der Waals surface area (Å²) in [7, 11) is 0. The van der Waals surface area contributed by atoms with Crippen molar-refractivity contribution in [3.8, 4) is 0 Å². The van der Waals surface area contributed by atoms with E-state index in [0.717, 1.165) is 6.92 Å². The van der Waals surface area contributed by atoms with Gasteiger partial charge in [-0.1, -0.05) is 0 Å². The number of rotatable bonds is 7. The molecule has 3 aliphatic carbocycles. The molecule has 270 valence electrons. The predicted molar refractivity (Wildman–Crippen MR) is 152 cm³/mol. The number of ether oxygens (including phenoxy) is 5. The van der Waals surface area contributed by atoms with Crippen molar-refractivity contribution >= 4 is 11.9 Å². The monoisotopic (exact) mass is 680 g/mol. The van der Waals surface area contributed by atoms with Crippen LogP contribution in [0.25, 0.3) is 0 Å². The van der Waals surface area contributed by atoms with Crippen molar-refractivity contribution in [2.24, 2.45) is 17.8 Å². The Morgan fingerprint density at radius 3 is 1.87 bits per heavy atom. The van der Waals surface area contributed by atoms with Gasteiger partial charge in [-0.05, 0) is 50.9 Å². The molecule has 0 amide bonds. The zero-order valence-electron chi connectivity index (χ0n) is 26.0. The van der Waals surface area contributed by atoms with Gasteiger partial charge in [-0.2, -0.15) is 0 Å². The van der Waals surface area contributed by atoms with E-state index in [0.29, 0.717) is 0 Å². The van der Waals surface area contributed by atoms with Crippen molar-refractivity contribution in [1.29, 1.82) is 0 Å². The third kappa shape index (κ3) is 8.09. The van der Waals surface area contributed by atoms with Gasteiger partial charge in [-0.15, -0.1) is 0 Å². The van der Waals surface area contributed by atoms with Gasteiger partial charge in [0.15, 0.2) is 12.4 Å². The quantitative estimate of drug-likeness (QED) is 0.114. The van der Waals surface area contributed by atoms with Crippen molar-refractivity contribution in [3.05, 3.63) is 0 Å². The molecule has 0 aromatic heterocycles. The Hall–Kier alpha value is -1.58. The summed E-state index contributed by atoms with van der Waals surface area (Å²) in [4.78, 5) is 24.8. The van der Waals surface area contributed by atoms with Crippen LogP contribution < -0.4 is 0 Å². The molecule has 10 unspecified atom stereocenters. The molecule has 2 heterocycles. The molecule has 47 heavy (non-hydrogen) atoms. The minimum Gasteiger partial charge on any atom is -0.463 e. The van der Waals surface area contributed by atoms with Gasteiger partial charge in [0.25, 0.3) is 0 Å². The summed E-state index contributed by atoms with van der Waals surface area (Å²) in [5.41, 5.74) is 0. The Balaban J connectivity index is 1.41. The molecule has 0 spiro atoms. The van der Waals surface area contributed by atoms with E-state index in [9.17, 15) is 60.7 Å². The lowest BCUT2D eigenvalue weighted by Gasteiger charge is -2.51. The SMILES string of the molecule is CC(=O)OC[C@H]1O[C@@H](OC2CC3C(O)CC(O)CC3OC2C2CC(O)C(O)C(O)C2)[C@H](OC(=O)C2CC(O)C(O)C(O)C2)[C@@H](O)[C@H]1O. The first-order chi connectivity index (χ1) is 22.1. The van der Waals surface area contributed by atoms with E-state index < -0.39 is 134 Å². The summed E-state index contributed by atoms with van der Waals surface area (Å²) in [6.45, 7) is 0.628. The maximum absolute atomic E-state index is 13.3. The lowest BCUT2D eigenvalue weighted by atomic mass is 9.72. The third-order valence-electron chi connectivity index (χ3n) is 10.4. The van der Waals surface area contributed by atoms with E-state index in [1.807, 2.05) is 0 Å². The normalized spacial score (nSPS) is 50.7. The molecular weight excluding hydrogens is 632 g/mol. The van der Waals surface area contributed by atoms with Crippen molar-refractivity contribution < 1.29 is 84.3 Å². The Morgan fingerprint density at radius 2 is 1.28 bits per heavy atom. The van der Waals surface area contributed by atoms with E-state index in [1.54, 1.807) is 0 Å². The highest BCUT2D eigenvalue weighted by molar-refractivity contribution is 5.73. The second-order valence-corrected chi connectivity index (χ2v) is 13.8. The average Bonchev–Trinajstić information content (AvgIpc) is 3.00. The molecule has 5 fully saturated rings. The number of esters is 2. The first-order valence-electron chi connectivity index (χ1n) is 16.2. The number of carbonyl (C=O) groups is 2. The van der Waals surface area contributed by atoms with E-state index in [4.69, 9.17) is 23.7 Å². The minimum atomic E-state index is -1.85. The van der Waals surface area contributed by atoms with E-state index in [1.165, 1.54) is 0 Å². The summed E-state index contributed by atoms with van der Waals surface area (Å²) in [5, 5.41) is 104. The Kier molecular flexibility index (Phi) is 11.8. The lowest BCUT2D eigenvalue weighted by molar-refractivity contribution is -0.336. The van der Waals surface area contributed by atoms with Crippen LogP contribution in [-0.4, -0.2) is 167 Å². The summed E-state index contributed by atoms with van der Waals surface area (Å²) in [6.07, 6.45) is -21.0. The zero-order chi connectivity index (χ0) is 34.3. The van der Waals surface area contributed by atoms with Crippen LogP contribution in [0.15, 0.2) is 0 Å². The van der Waals surface area contributed by atoms with Crippen molar-refractivity contribution in [3.63, 3.8) is 0 Å². The highest BCUT2D eigenvalue weighted by Crippen LogP contribution is 2.44. The zero-order valence-corrected chi connectivity index (χ0v) is 26.0. The number of fused-ring (bicyclic) bond motifs is 1. The fourth-order valence-corrected chi connectivity index (χ4v) is 7.75. The van der Waals surface area contributed by atoms with Crippen LogP contribution in [0, 0.1) is 17.8 Å². The molecule has 0 radical (unpaired) electrons. The molecular formula is C30H48O17. The fourth-order valence-electron chi connectivity index (χ4n) is 7.75. The van der Waals surface area contributed by atoms with Gasteiger partial charge in [0, 0.05) is 12.8 Å². The van der Waals surface area contributed by atoms with Crippen LogP contribution in [0.1, 0.15) is 51.9 Å².